The molecule has 0 saturated heterocycles. The molecule has 1 radical (unpaired) electrons. The van der Waals surface area contributed by atoms with Crippen LogP contribution in [0.5, 0.6) is 0 Å². The maximum Gasteiger partial charge on any atom is 0.240 e. The third-order valence-corrected chi connectivity index (χ3v) is 2.07. The molecule has 0 aliphatic heterocycles. The predicted molar refractivity (Wildman–Crippen MR) is 56.0 cm³/mol. The Morgan fingerprint density at radius 3 is 2.42 bits per heavy atom. The molecule has 0 aromatic heterocycles. The molecule has 19 heavy (non-hydrogen) atoms. The van der Waals surface area contributed by atoms with Crippen LogP contribution in [0.2, 0.25) is 0 Å². The zero-order valence-corrected chi connectivity index (χ0v) is 9.60. The summed E-state index contributed by atoms with van der Waals surface area (Å²) in [7, 11) is 0. The van der Waals surface area contributed by atoms with Gasteiger partial charge in [0.15, 0.2) is 23.3 Å². The summed E-state index contributed by atoms with van der Waals surface area (Å²) in [6.45, 7) is 1.65. The molecule has 101 valence electrons. The van der Waals surface area contributed by atoms with E-state index in [1.54, 1.807) is 6.92 Å². The molecule has 1 rings (SSSR count). The molecule has 0 atom stereocenters. The monoisotopic (exact) mass is 275 g/mol. The fraction of sp³-hybridized carbons (Fsp3) is 0.167. The third kappa shape index (κ3) is 2.98. The number of rotatable bonds is 5. The van der Waals surface area contributed by atoms with Gasteiger partial charge in [-0.05, 0) is 13.0 Å². The first-order chi connectivity index (χ1) is 8.93. The van der Waals surface area contributed by atoms with E-state index in [9.17, 15) is 27.2 Å². The summed E-state index contributed by atoms with van der Waals surface area (Å²) in [6.07, 6.45) is 1.82. The predicted octanol–water partition coefficient (Wildman–Crippen LogP) is 2.46. The van der Waals surface area contributed by atoms with Crippen molar-refractivity contribution in [1.82, 2.24) is 0 Å². The van der Waals surface area contributed by atoms with Crippen molar-refractivity contribution in [2.75, 3.05) is 6.61 Å². The van der Waals surface area contributed by atoms with Crippen LogP contribution in [0, 0.1) is 23.3 Å². The third-order valence-electron chi connectivity index (χ3n) is 2.07. The zero-order chi connectivity index (χ0) is 14.6. The summed E-state index contributed by atoms with van der Waals surface area (Å²) < 4.78 is 56.5. The molecular formula is C12H7F4O3. The highest BCUT2D eigenvalue weighted by Crippen LogP contribution is 2.20. The van der Waals surface area contributed by atoms with Gasteiger partial charge in [-0.15, -0.1) is 0 Å². The van der Waals surface area contributed by atoms with Crippen molar-refractivity contribution in [3.8, 4) is 0 Å². The first-order valence-electron chi connectivity index (χ1n) is 5.01. The molecule has 1 aromatic carbocycles. The number of ketones is 1. The van der Waals surface area contributed by atoms with Crippen LogP contribution in [0.25, 0.3) is 0 Å². The quantitative estimate of drug-likeness (QED) is 0.121. The molecule has 0 unspecified atom stereocenters. The molecule has 7 heteroatoms. The minimum atomic E-state index is -2.13. The standard InChI is InChI=1S/C12H7F4O3/c1-2-19-5-6(4-17)12(18)7-3-8(13)10(15)11(16)9(7)14/h3,5H,2H2,1H3. The van der Waals surface area contributed by atoms with Crippen LogP contribution in [0.3, 0.4) is 0 Å². The minimum absolute atomic E-state index is 0.104. The maximum atomic E-state index is 13.3. The van der Waals surface area contributed by atoms with E-state index in [2.05, 4.69) is 4.74 Å². The number of halogens is 4. The smallest absolute Gasteiger partial charge is 0.240 e. The Hall–Kier alpha value is -2.18. The molecule has 0 aliphatic rings. The van der Waals surface area contributed by atoms with Crippen molar-refractivity contribution in [3.63, 3.8) is 0 Å². The summed E-state index contributed by atoms with van der Waals surface area (Å²) in [5.74, 6) is -9.17. The highest BCUT2D eigenvalue weighted by molar-refractivity contribution is 6.20. The molecule has 0 amide bonds. The normalized spacial score (nSPS) is 11.3. The van der Waals surface area contributed by atoms with E-state index in [-0.39, 0.29) is 12.7 Å². The van der Waals surface area contributed by atoms with Crippen molar-refractivity contribution in [1.29, 1.82) is 0 Å². The van der Waals surface area contributed by atoms with Crippen LogP contribution < -0.4 is 0 Å². The number of carbonyl (C=O) groups is 1. The average Bonchev–Trinajstić information content (AvgIpc) is 2.41. The van der Waals surface area contributed by atoms with E-state index in [1.165, 1.54) is 0 Å². The molecule has 0 N–H and O–H groups in total. The van der Waals surface area contributed by atoms with Gasteiger partial charge in [0.05, 0.1) is 18.4 Å². The number of ether oxygens (including phenoxy) is 1. The number of hydrogen-bond donors (Lipinski definition) is 0. The number of hydrogen-bond acceptors (Lipinski definition) is 3. The van der Waals surface area contributed by atoms with E-state index in [0.29, 0.717) is 6.26 Å². The van der Waals surface area contributed by atoms with Crippen LogP contribution in [0.15, 0.2) is 17.9 Å². The highest BCUT2D eigenvalue weighted by atomic mass is 19.2. The van der Waals surface area contributed by atoms with E-state index >= 15 is 0 Å². The first kappa shape index (κ1) is 14.9. The molecule has 0 heterocycles. The lowest BCUT2D eigenvalue weighted by Gasteiger charge is -2.04. The second-order valence-electron chi connectivity index (χ2n) is 3.27. The van der Waals surface area contributed by atoms with E-state index in [1.807, 2.05) is 0 Å². The van der Waals surface area contributed by atoms with Gasteiger partial charge >= 0.3 is 0 Å². The molecule has 0 spiro atoms. The average molecular weight is 275 g/mol. The molecule has 0 fully saturated rings. The summed E-state index contributed by atoms with van der Waals surface area (Å²) in [5.41, 5.74) is -1.89. The van der Waals surface area contributed by atoms with Crippen LogP contribution in [0.1, 0.15) is 17.3 Å². The van der Waals surface area contributed by atoms with Gasteiger partial charge < -0.3 is 4.74 Å². The molecule has 0 saturated carbocycles. The van der Waals surface area contributed by atoms with Gasteiger partial charge in [0.2, 0.25) is 12.1 Å². The van der Waals surface area contributed by atoms with Gasteiger partial charge in [0, 0.05) is 0 Å². The van der Waals surface area contributed by atoms with Gasteiger partial charge in [-0.25, -0.2) is 17.6 Å². The Kier molecular flexibility index (Phi) is 4.80. The number of carbonyl (C=O) groups excluding carboxylic acids is 2. The molecule has 0 bridgehead atoms. The largest absolute Gasteiger partial charge is 0.501 e. The van der Waals surface area contributed by atoms with Crippen LogP contribution in [0.4, 0.5) is 17.6 Å². The number of benzene rings is 1. The molecule has 3 nitrogen and oxygen atoms in total. The van der Waals surface area contributed by atoms with E-state index in [0.717, 1.165) is 6.29 Å². The lowest BCUT2D eigenvalue weighted by molar-refractivity contribution is 0.103. The summed E-state index contributed by atoms with van der Waals surface area (Å²) in [4.78, 5) is 22.1. The fourth-order valence-electron chi connectivity index (χ4n) is 1.17. The Labute approximate surface area is 105 Å². The second-order valence-corrected chi connectivity index (χ2v) is 3.27. The number of Topliss-reactive ketones (excluding diaryl/α,β-unsaturated/α-hetero) is 1. The Morgan fingerprint density at radius 2 is 1.89 bits per heavy atom. The van der Waals surface area contributed by atoms with Crippen molar-refractivity contribution in [3.05, 3.63) is 46.7 Å². The topological polar surface area (TPSA) is 43.4 Å². The molecule has 0 aliphatic carbocycles. The summed E-state index contributed by atoms with van der Waals surface area (Å²) in [5, 5.41) is 0. The Morgan fingerprint density at radius 1 is 1.26 bits per heavy atom. The van der Waals surface area contributed by atoms with Gasteiger partial charge in [-0.1, -0.05) is 0 Å². The van der Waals surface area contributed by atoms with Crippen molar-refractivity contribution in [2.24, 2.45) is 0 Å². The Balaban J connectivity index is 3.30. The summed E-state index contributed by atoms with van der Waals surface area (Å²) in [6, 6.07) is 0.160. The molecule has 1 aromatic rings. The first-order valence-corrected chi connectivity index (χ1v) is 5.01. The fourth-order valence-corrected chi connectivity index (χ4v) is 1.17. The van der Waals surface area contributed by atoms with Crippen molar-refractivity contribution in [2.45, 2.75) is 6.92 Å². The van der Waals surface area contributed by atoms with Crippen LogP contribution in [-0.4, -0.2) is 18.7 Å². The van der Waals surface area contributed by atoms with Gasteiger partial charge in [-0.2, -0.15) is 0 Å². The summed E-state index contributed by atoms with van der Waals surface area (Å²) >= 11 is 0. The van der Waals surface area contributed by atoms with Crippen LogP contribution in [-0.2, 0) is 9.53 Å². The lowest BCUT2D eigenvalue weighted by Crippen LogP contribution is -2.11. The van der Waals surface area contributed by atoms with Crippen molar-refractivity contribution >= 4 is 12.1 Å². The molecular weight excluding hydrogens is 268 g/mol. The van der Waals surface area contributed by atoms with Gasteiger partial charge in [0.1, 0.15) is 5.57 Å². The SMILES string of the molecule is CCOC=C([C]=O)C(=O)c1cc(F)c(F)c(F)c1F. The second kappa shape index (κ2) is 6.12. The van der Waals surface area contributed by atoms with Crippen molar-refractivity contribution < 1.29 is 31.9 Å². The lowest BCUT2D eigenvalue weighted by atomic mass is 10.0. The zero-order valence-electron chi connectivity index (χ0n) is 9.60. The van der Waals surface area contributed by atoms with Crippen LogP contribution >= 0.6 is 0 Å². The van der Waals surface area contributed by atoms with E-state index in [4.69, 9.17) is 0 Å². The minimum Gasteiger partial charge on any atom is -0.501 e. The van der Waals surface area contributed by atoms with Gasteiger partial charge in [0.25, 0.3) is 0 Å². The van der Waals surface area contributed by atoms with E-state index < -0.39 is 40.2 Å². The highest BCUT2D eigenvalue weighted by Gasteiger charge is 2.25. The number of allylic oxidation sites excluding steroid dienone is 1. The Bertz CT molecular complexity index is 552. The maximum absolute atomic E-state index is 13.3. The van der Waals surface area contributed by atoms with Gasteiger partial charge in [-0.3, -0.25) is 9.59 Å².